The number of aliphatic hydroxyl groups excluding tert-OH is 1. The van der Waals surface area contributed by atoms with Crippen molar-refractivity contribution in [1.82, 2.24) is 0 Å². The topological polar surface area (TPSA) is 71.7 Å². The van der Waals surface area contributed by atoms with Crippen molar-refractivity contribution < 1.29 is 19.1 Å². The molecule has 0 fully saturated rings. The van der Waals surface area contributed by atoms with Crippen molar-refractivity contribution in [3.63, 3.8) is 0 Å². The van der Waals surface area contributed by atoms with Gasteiger partial charge in [0.2, 0.25) is 0 Å². The van der Waals surface area contributed by atoms with Crippen molar-refractivity contribution in [2.75, 3.05) is 5.32 Å². The van der Waals surface area contributed by atoms with Gasteiger partial charge in [0.25, 0.3) is 5.91 Å². The summed E-state index contributed by atoms with van der Waals surface area (Å²) in [4.78, 5) is 12.8. The number of amides is 1. The Morgan fingerprint density at radius 2 is 1.89 bits per heavy atom. The van der Waals surface area contributed by atoms with E-state index in [1.54, 1.807) is 56.3 Å². The molecule has 146 valence electrons. The van der Waals surface area contributed by atoms with E-state index in [-0.39, 0.29) is 12.5 Å². The van der Waals surface area contributed by atoms with Gasteiger partial charge in [0.05, 0.1) is 10.7 Å². The highest BCUT2D eigenvalue weighted by atomic mass is 79.9. The fourth-order valence-corrected chi connectivity index (χ4v) is 2.94. The maximum atomic E-state index is 12.8. The highest BCUT2D eigenvalue weighted by Crippen LogP contribution is 2.31. The number of rotatable bonds is 6. The number of halogens is 2. The van der Waals surface area contributed by atoms with Crippen LogP contribution in [0, 0.1) is 0 Å². The molecule has 1 aromatic heterocycles. The third-order valence-corrected chi connectivity index (χ3v) is 4.91. The van der Waals surface area contributed by atoms with Crippen LogP contribution >= 0.6 is 27.5 Å². The Bertz CT molecular complexity index is 982. The molecule has 0 aliphatic rings. The van der Waals surface area contributed by atoms with Gasteiger partial charge in [-0.1, -0.05) is 27.5 Å². The molecule has 2 aromatic carbocycles. The minimum atomic E-state index is -1.12. The molecular weight excluding hydrogens is 446 g/mol. The first-order valence-electron chi connectivity index (χ1n) is 8.54. The Balaban J connectivity index is 1.78. The molecule has 0 unspecified atom stereocenters. The van der Waals surface area contributed by atoms with Crippen LogP contribution in [0.2, 0.25) is 5.02 Å². The van der Waals surface area contributed by atoms with E-state index < -0.39 is 5.60 Å². The van der Waals surface area contributed by atoms with Gasteiger partial charge in [0, 0.05) is 10.0 Å². The average molecular weight is 465 g/mol. The number of carbonyl (C=O) groups is 1. The molecule has 0 aliphatic heterocycles. The van der Waals surface area contributed by atoms with Gasteiger partial charge in [0.15, 0.2) is 5.60 Å². The molecule has 28 heavy (non-hydrogen) atoms. The van der Waals surface area contributed by atoms with E-state index in [1.807, 2.05) is 12.1 Å². The second-order valence-electron chi connectivity index (χ2n) is 6.64. The van der Waals surface area contributed by atoms with Crippen LogP contribution in [0.15, 0.2) is 63.5 Å². The quantitative estimate of drug-likeness (QED) is 0.494. The smallest absolute Gasteiger partial charge is 0.268 e. The molecule has 7 heteroatoms. The second-order valence-corrected chi connectivity index (χ2v) is 7.96. The van der Waals surface area contributed by atoms with E-state index in [0.29, 0.717) is 28.0 Å². The van der Waals surface area contributed by atoms with Crippen molar-refractivity contribution in [3.05, 3.63) is 69.9 Å². The number of nitrogens with one attached hydrogen (secondary N) is 1. The predicted molar refractivity (Wildman–Crippen MR) is 113 cm³/mol. The number of aliphatic hydroxyl groups is 1. The minimum Gasteiger partial charge on any atom is -0.478 e. The highest BCUT2D eigenvalue weighted by molar-refractivity contribution is 9.10. The molecule has 3 aromatic rings. The normalized spacial score (nSPS) is 11.3. The fraction of sp³-hybridized carbons (Fsp3) is 0.190. The van der Waals surface area contributed by atoms with E-state index in [1.165, 1.54) is 0 Å². The SMILES string of the molecule is CC(C)(Oc1ccc(Br)cc1)C(=O)Nc1cc(-c2ccc(CO)o2)ccc1Cl. The van der Waals surface area contributed by atoms with Crippen molar-refractivity contribution in [2.45, 2.75) is 26.1 Å². The number of hydrogen-bond donors (Lipinski definition) is 2. The standard InChI is InChI=1S/C21H19BrClNO4/c1-21(2,28-15-6-4-14(22)5-7-15)20(26)24-18-11-13(3-9-17(18)23)19-10-8-16(12-25)27-19/h3-11,25H,12H2,1-2H3,(H,24,26). The first-order chi connectivity index (χ1) is 13.3. The van der Waals surface area contributed by atoms with Crippen molar-refractivity contribution >= 4 is 39.1 Å². The zero-order chi connectivity index (χ0) is 20.3. The third-order valence-electron chi connectivity index (χ3n) is 4.05. The molecule has 1 heterocycles. The highest BCUT2D eigenvalue weighted by Gasteiger charge is 2.30. The van der Waals surface area contributed by atoms with Crippen LogP contribution in [0.25, 0.3) is 11.3 Å². The molecule has 0 radical (unpaired) electrons. The van der Waals surface area contributed by atoms with E-state index in [2.05, 4.69) is 21.2 Å². The van der Waals surface area contributed by atoms with Gasteiger partial charge in [0.1, 0.15) is 23.9 Å². The predicted octanol–water partition coefficient (Wildman–Crippen LogP) is 5.65. The lowest BCUT2D eigenvalue weighted by Crippen LogP contribution is -2.42. The average Bonchev–Trinajstić information content (AvgIpc) is 3.14. The van der Waals surface area contributed by atoms with Crippen LogP contribution in [0.3, 0.4) is 0 Å². The Hall–Kier alpha value is -2.28. The van der Waals surface area contributed by atoms with Gasteiger partial charge in [-0.15, -0.1) is 0 Å². The lowest BCUT2D eigenvalue weighted by Gasteiger charge is -2.25. The first-order valence-corrected chi connectivity index (χ1v) is 9.71. The lowest BCUT2D eigenvalue weighted by atomic mass is 10.1. The van der Waals surface area contributed by atoms with Crippen LogP contribution in [0.1, 0.15) is 19.6 Å². The molecule has 5 nitrogen and oxygen atoms in total. The maximum Gasteiger partial charge on any atom is 0.268 e. The number of ether oxygens (including phenoxy) is 1. The summed E-state index contributed by atoms with van der Waals surface area (Å²) in [6.07, 6.45) is 0. The van der Waals surface area contributed by atoms with Crippen molar-refractivity contribution in [2.24, 2.45) is 0 Å². The van der Waals surface area contributed by atoms with Gasteiger partial charge in [-0.25, -0.2) is 0 Å². The number of furan rings is 1. The maximum absolute atomic E-state index is 12.8. The summed E-state index contributed by atoms with van der Waals surface area (Å²) in [6.45, 7) is 3.18. The Morgan fingerprint density at radius 3 is 2.54 bits per heavy atom. The molecule has 3 rings (SSSR count). The van der Waals surface area contributed by atoms with Gasteiger partial charge >= 0.3 is 0 Å². The summed E-state index contributed by atoms with van der Waals surface area (Å²) in [6, 6.07) is 15.9. The summed E-state index contributed by atoms with van der Waals surface area (Å²) >= 11 is 9.62. The molecule has 2 N–H and O–H groups in total. The van der Waals surface area contributed by atoms with E-state index in [4.69, 9.17) is 25.9 Å². The number of hydrogen-bond acceptors (Lipinski definition) is 4. The zero-order valence-electron chi connectivity index (χ0n) is 15.3. The molecule has 0 aliphatic carbocycles. The van der Waals surface area contributed by atoms with E-state index >= 15 is 0 Å². The van der Waals surface area contributed by atoms with E-state index in [9.17, 15) is 4.79 Å². The van der Waals surface area contributed by atoms with Gasteiger partial charge < -0.3 is 19.6 Å². The fourth-order valence-electron chi connectivity index (χ4n) is 2.51. The molecule has 0 saturated heterocycles. The molecule has 0 atom stereocenters. The van der Waals surface area contributed by atoms with Crippen LogP contribution in [0.4, 0.5) is 5.69 Å². The lowest BCUT2D eigenvalue weighted by molar-refractivity contribution is -0.128. The largest absolute Gasteiger partial charge is 0.478 e. The summed E-state index contributed by atoms with van der Waals surface area (Å²) in [5.41, 5.74) is 0.0478. The van der Waals surface area contributed by atoms with Gasteiger partial charge in [-0.3, -0.25) is 4.79 Å². The summed E-state index contributed by atoms with van der Waals surface area (Å²) < 4.78 is 12.3. The number of carbonyl (C=O) groups excluding carboxylic acids is 1. The van der Waals surface area contributed by atoms with Crippen molar-refractivity contribution in [3.8, 4) is 17.1 Å². The Labute approximate surface area is 176 Å². The van der Waals surface area contributed by atoms with Gasteiger partial charge in [-0.2, -0.15) is 0 Å². The number of benzene rings is 2. The minimum absolute atomic E-state index is 0.182. The molecule has 0 saturated carbocycles. The van der Waals surface area contributed by atoms with E-state index in [0.717, 1.165) is 10.0 Å². The zero-order valence-corrected chi connectivity index (χ0v) is 17.7. The van der Waals surface area contributed by atoms with Crippen LogP contribution in [-0.2, 0) is 11.4 Å². The van der Waals surface area contributed by atoms with Crippen LogP contribution in [0.5, 0.6) is 5.75 Å². The monoisotopic (exact) mass is 463 g/mol. The van der Waals surface area contributed by atoms with Crippen LogP contribution < -0.4 is 10.1 Å². The summed E-state index contributed by atoms with van der Waals surface area (Å²) in [7, 11) is 0. The Morgan fingerprint density at radius 1 is 1.18 bits per heavy atom. The van der Waals surface area contributed by atoms with Crippen LogP contribution in [-0.4, -0.2) is 16.6 Å². The first kappa shape index (κ1) is 20.5. The summed E-state index contributed by atoms with van der Waals surface area (Å²) in [5.74, 6) is 1.27. The molecular formula is C21H19BrClNO4. The van der Waals surface area contributed by atoms with Gasteiger partial charge in [-0.05, 0) is 68.4 Å². The summed E-state index contributed by atoms with van der Waals surface area (Å²) in [5, 5.41) is 12.4. The molecule has 0 bridgehead atoms. The van der Waals surface area contributed by atoms with Crippen molar-refractivity contribution in [1.29, 1.82) is 0 Å². The Kier molecular flexibility index (Phi) is 6.13. The third kappa shape index (κ3) is 4.76. The second kappa shape index (κ2) is 8.39. The molecule has 1 amide bonds. The molecule has 0 spiro atoms. The number of anilines is 1.